The van der Waals surface area contributed by atoms with Crippen molar-refractivity contribution in [1.82, 2.24) is 24.5 Å². The molecule has 0 radical (unpaired) electrons. The second-order valence-electron chi connectivity index (χ2n) is 7.40. The quantitative estimate of drug-likeness (QED) is 0.458. The Kier molecular flexibility index (Phi) is 5.79. The number of imidazole rings is 1. The summed E-state index contributed by atoms with van der Waals surface area (Å²) in [5, 5.41) is 7.12. The number of nitrogens with zero attached hydrogens (tertiary/aromatic N) is 4. The first kappa shape index (κ1) is 19.7. The molecular formula is C23H25N5O2. The fourth-order valence-corrected chi connectivity index (χ4v) is 3.31. The van der Waals surface area contributed by atoms with Crippen LogP contribution in [0, 0.1) is 6.92 Å². The minimum atomic E-state index is -0.102. The van der Waals surface area contributed by atoms with E-state index in [4.69, 9.17) is 4.74 Å². The molecule has 1 amide bonds. The molecular weight excluding hydrogens is 378 g/mol. The van der Waals surface area contributed by atoms with Crippen LogP contribution in [0.25, 0.3) is 5.65 Å². The van der Waals surface area contributed by atoms with Gasteiger partial charge in [-0.2, -0.15) is 5.10 Å². The van der Waals surface area contributed by atoms with E-state index in [1.54, 1.807) is 16.8 Å². The molecule has 0 atom stereocenters. The van der Waals surface area contributed by atoms with Crippen LogP contribution in [0.3, 0.4) is 0 Å². The maximum Gasteiger partial charge on any atom is 0.251 e. The molecule has 0 spiro atoms. The smallest absolute Gasteiger partial charge is 0.251 e. The van der Waals surface area contributed by atoms with Gasteiger partial charge in [0, 0.05) is 37.7 Å². The second-order valence-corrected chi connectivity index (χ2v) is 7.40. The zero-order valence-corrected chi connectivity index (χ0v) is 17.2. The van der Waals surface area contributed by atoms with Crippen molar-refractivity contribution >= 4 is 11.6 Å². The van der Waals surface area contributed by atoms with Gasteiger partial charge in [0.2, 0.25) is 0 Å². The molecule has 1 N–H and O–H groups in total. The Hall–Kier alpha value is -3.61. The van der Waals surface area contributed by atoms with Crippen molar-refractivity contribution in [2.75, 3.05) is 6.54 Å². The van der Waals surface area contributed by atoms with Crippen LogP contribution in [0.5, 0.6) is 5.75 Å². The minimum Gasteiger partial charge on any atom is -0.487 e. The van der Waals surface area contributed by atoms with E-state index in [9.17, 15) is 4.79 Å². The molecule has 1 aromatic carbocycles. The van der Waals surface area contributed by atoms with Gasteiger partial charge in [-0.25, -0.2) is 4.98 Å². The number of hydrogen-bond donors (Lipinski definition) is 1. The van der Waals surface area contributed by atoms with Crippen LogP contribution in [0.4, 0.5) is 0 Å². The fraction of sp³-hybridized carbons (Fsp3) is 0.261. The number of carbonyl (C=O) groups excluding carboxylic acids is 1. The maximum atomic E-state index is 12.4. The van der Waals surface area contributed by atoms with Crippen LogP contribution in [0.1, 0.15) is 33.6 Å². The third-order valence-electron chi connectivity index (χ3n) is 4.82. The van der Waals surface area contributed by atoms with Gasteiger partial charge in [0.05, 0.1) is 11.9 Å². The molecule has 30 heavy (non-hydrogen) atoms. The molecule has 4 rings (SSSR count). The zero-order chi connectivity index (χ0) is 20.9. The SMILES string of the molecule is Cc1ccc2nc(COc3cccc(C(=O)NCCCc4cnn(C)c4)c3)cn2c1. The summed E-state index contributed by atoms with van der Waals surface area (Å²) in [6.07, 6.45) is 9.59. The lowest BCUT2D eigenvalue weighted by atomic mass is 10.2. The number of carbonyl (C=O) groups is 1. The van der Waals surface area contributed by atoms with E-state index >= 15 is 0 Å². The zero-order valence-electron chi connectivity index (χ0n) is 17.2. The summed E-state index contributed by atoms with van der Waals surface area (Å²) in [5.74, 6) is 0.543. The summed E-state index contributed by atoms with van der Waals surface area (Å²) in [6.45, 7) is 3.00. The summed E-state index contributed by atoms with van der Waals surface area (Å²) in [5.41, 5.74) is 4.65. The largest absolute Gasteiger partial charge is 0.487 e. The average Bonchev–Trinajstić information content (AvgIpc) is 3.34. The summed E-state index contributed by atoms with van der Waals surface area (Å²) in [4.78, 5) is 17.0. The standard InChI is InChI=1S/C23H25N5O2/c1-17-8-9-22-26-20(15-28(22)13-17)16-30-21-7-3-6-19(11-21)23(29)24-10-4-5-18-12-25-27(2)14-18/h3,6-9,11-15H,4-5,10,16H2,1-2H3,(H,24,29). The molecule has 0 aliphatic rings. The molecule has 7 heteroatoms. The highest BCUT2D eigenvalue weighted by atomic mass is 16.5. The first-order valence-electron chi connectivity index (χ1n) is 10.00. The molecule has 7 nitrogen and oxygen atoms in total. The molecule has 0 fully saturated rings. The van der Waals surface area contributed by atoms with Gasteiger partial charge in [0.15, 0.2) is 0 Å². The number of pyridine rings is 1. The van der Waals surface area contributed by atoms with E-state index in [2.05, 4.69) is 15.4 Å². The monoisotopic (exact) mass is 403 g/mol. The molecule has 0 aliphatic carbocycles. The highest BCUT2D eigenvalue weighted by molar-refractivity contribution is 5.94. The van der Waals surface area contributed by atoms with Crippen LogP contribution in [0.2, 0.25) is 0 Å². The molecule has 0 unspecified atom stereocenters. The number of rotatable bonds is 8. The van der Waals surface area contributed by atoms with Gasteiger partial charge in [-0.05, 0) is 55.2 Å². The summed E-state index contributed by atoms with van der Waals surface area (Å²) in [6, 6.07) is 11.2. The minimum absolute atomic E-state index is 0.102. The molecule has 0 saturated heterocycles. The van der Waals surface area contributed by atoms with Crippen molar-refractivity contribution < 1.29 is 9.53 Å². The predicted molar refractivity (Wildman–Crippen MR) is 115 cm³/mol. The van der Waals surface area contributed by atoms with Crippen molar-refractivity contribution in [2.45, 2.75) is 26.4 Å². The van der Waals surface area contributed by atoms with Crippen molar-refractivity contribution in [3.63, 3.8) is 0 Å². The number of nitrogens with one attached hydrogen (secondary N) is 1. The van der Waals surface area contributed by atoms with Gasteiger partial charge >= 0.3 is 0 Å². The normalized spacial score (nSPS) is 11.0. The number of hydrogen-bond acceptors (Lipinski definition) is 4. The number of fused-ring (bicyclic) bond motifs is 1. The van der Waals surface area contributed by atoms with Crippen LogP contribution >= 0.6 is 0 Å². The number of aryl methyl sites for hydroxylation is 3. The first-order valence-corrected chi connectivity index (χ1v) is 10.00. The average molecular weight is 403 g/mol. The molecule has 0 aliphatic heterocycles. The molecule has 0 saturated carbocycles. The van der Waals surface area contributed by atoms with E-state index < -0.39 is 0 Å². The highest BCUT2D eigenvalue weighted by Crippen LogP contribution is 2.16. The van der Waals surface area contributed by atoms with Gasteiger partial charge in [-0.3, -0.25) is 9.48 Å². The number of amides is 1. The number of aromatic nitrogens is 4. The third kappa shape index (κ3) is 4.86. The van der Waals surface area contributed by atoms with E-state index in [0.717, 1.165) is 24.2 Å². The molecule has 3 aromatic heterocycles. The first-order chi connectivity index (χ1) is 14.6. The Morgan fingerprint density at radius 3 is 2.90 bits per heavy atom. The van der Waals surface area contributed by atoms with Crippen LogP contribution in [0.15, 0.2) is 61.2 Å². The molecule has 4 aromatic rings. The van der Waals surface area contributed by atoms with Crippen molar-refractivity contribution in [2.24, 2.45) is 7.05 Å². The molecule has 3 heterocycles. The lowest BCUT2D eigenvalue weighted by molar-refractivity contribution is 0.0952. The van der Waals surface area contributed by atoms with E-state index in [0.29, 0.717) is 24.5 Å². The number of ether oxygens (including phenoxy) is 1. The topological polar surface area (TPSA) is 73.4 Å². The van der Waals surface area contributed by atoms with E-state index in [-0.39, 0.29) is 5.91 Å². The summed E-state index contributed by atoms with van der Waals surface area (Å²) >= 11 is 0. The Balaban J connectivity index is 1.29. The molecule has 154 valence electrons. The lowest BCUT2D eigenvalue weighted by Crippen LogP contribution is -2.24. The van der Waals surface area contributed by atoms with Crippen LogP contribution < -0.4 is 10.1 Å². The molecule has 0 bridgehead atoms. The van der Waals surface area contributed by atoms with Crippen LogP contribution in [-0.4, -0.2) is 31.6 Å². The van der Waals surface area contributed by atoms with E-state index in [1.807, 2.05) is 67.4 Å². The van der Waals surface area contributed by atoms with Crippen molar-refractivity contribution in [1.29, 1.82) is 0 Å². The second kappa shape index (κ2) is 8.82. The van der Waals surface area contributed by atoms with Gasteiger partial charge < -0.3 is 14.5 Å². The summed E-state index contributed by atoms with van der Waals surface area (Å²) in [7, 11) is 1.90. The lowest BCUT2D eigenvalue weighted by Gasteiger charge is -2.08. The van der Waals surface area contributed by atoms with Crippen molar-refractivity contribution in [3.05, 3.63) is 83.6 Å². The maximum absolute atomic E-state index is 12.4. The highest BCUT2D eigenvalue weighted by Gasteiger charge is 2.08. The Bertz CT molecular complexity index is 1160. The summed E-state index contributed by atoms with van der Waals surface area (Å²) < 4.78 is 9.64. The van der Waals surface area contributed by atoms with E-state index in [1.165, 1.54) is 11.1 Å². The van der Waals surface area contributed by atoms with Crippen molar-refractivity contribution in [3.8, 4) is 5.75 Å². The van der Waals surface area contributed by atoms with Gasteiger partial charge in [-0.15, -0.1) is 0 Å². The Morgan fingerprint density at radius 2 is 2.07 bits per heavy atom. The Morgan fingerprint density at radius 1 is 1.17 bits per heavy atom. The van der Waals surface area contributed by atoms with Gasteiger partial charge in [0.1, 0.15) is 18.0 Å². The number of benzene rings is 1. The predicted octanol–water partition coefficient (Wildman–Crippen LogP) is 3.32. The van der Waals surface area contributed by atoms with Crippen LogP contribution in [-0.2, 0) is 20.1 Å². The van der Waals surface area contributed by atoms with Gasteiger partial charge in [0.25, 0.3) is 5.91 Å². The van der Waals surface area contributed by atoms with Gasteiger partial charge in [-0.1, -0.05) is 12.1 Å². The fourth-order valence-electron chi connectivity index (χ4n) is 3.31. The third-order valence-corrected chi connectivity index (χ3v) is 4.82. The Labute approximate surface area is 175 Å².